The number of esters is 1. The van der Waals surface area contributed by atoms with E-state index in [0.717, 1.165) is 5.56 Å². The molecule has 0 amide bonds. The number of nitriles is 1. The van der Waals surface area contributed by atoms with Crippen molar-refractivity contribution >= 4 is 5.97 Å². The van der Waals surface area contributed by atoms with E-state index in [1.807, 2.05) is 6.07 Å². The Morgan fingerprint density at radius 2 is 1.92 bits per heavy atom. The van der Waals surface area contributed by atoms with E-state index in [4.69, 9.17) is 14.4 Å². The zero-order valence-electron chi connectivity index (χ0n) is 12.9. The number of benzene rings is 2. The van der Waals surface area contributed by atoms with E-state index in [9.17, 15) is 4.79 Å². The molecule has 0 saturated heterocycles. The highest BCUT2D eigenvalue weighted by molar-refractivity contribution is 5.96. The molecule has 3 rings (SSSR count). The number of carbonyl (C=O) groups excluding carboxylic acids is 1. The van der Waals surface area contributed by atoms with Crippen LogP contribution < -0.4 is 0 Å². The molecule has 0 N–H and O–H groups in total. The van der Waals surface area contributed by atoms with Gasteiger partial charge in [0.2, 0.25) is 11.8 Å². The van der Waals surface area contributed by atoms with Crippen LogP contribution in [-0.2, 0) is 11.3 Å². The Bertz CT molecular complexity index is 908. The molecule has 118 valence electrons. The van der Waals surface area contributed by atoms with Gasteiger partial charge in [-0.2, -0.15) is 5.26 Å². The van der Waals surface area contributed by atoms with Gasteiger partial charge in [0.1, 0.15) is 6.61 Å². The minimum Gasteiger partial charge on any atom is -0.457 e. The van der Waals surface area contributed by atoms with Crippen LogP contribution in [0.15, 0.2) is 52.9 Å². The number of nitrogens with zero attached hydrogens (tertiary/aromatic N) is 3. The molecule has 0 unspecified atom stereocenters. The lowest BCUT2D eigenvalue weighted by atomic mass is 10.1. The number of rotatable bonds is 4. The Kier molecular flexibility index (Phi) is 4.34. The van der Waals surface area contributed by atoms with Gasteiger partial charge in [-0.25, -0.2) is 4.79 Å². The van der Waals surface area contributed by atoms with Crippen molar-refractivity contribution in [3.05, 3.63) is 71.1 Å². The molecule has 1 aromatic heterocycles. The third kappa shape index (κ3) is 3.31. The van der Waals surface area contributed by atoms with Crippen molar-refractivity contribution in [2.24, 2.45) is 0 Å². The molecule has 6 nitrogen and oxygen atoms in total. The zero-order valence-corrected chi connectivity index (χ0v) is 12.9. The van der Waals surface area contributed by atoms with Crippen molar-refractivity contribution in [3.63, 3.8) is 0 Å². The minimum absolute atomic E-state index is 0.113. The molecule has 0 radical (unpaired) electrons. The molecule has 0 bridgehead atoms. The van der Waals surface area contributed by atoms with Gasteiger partial charge in [-0.05, 0) is 29.8 Å². The smallest absolute Gasteiger partial charge is 0.339 e. The number of aryl methyl sites for hydroxylation is 1. The van der Waals surface area contributed by atoms with Gasteiger partial charge in [0, 0.05) is 6.92 Å². The van der Waals surface area contributed by atoms with Crippen LogP contribution >= 0.6 is 0 Å². The summed E-state index contributed by atoms with van der Waals surface area (Å²) in [5, 5.41) is 16.5. The molecular weight excluding hydrogens is 306 g/mol. The maximum absolute atomic E-state index is 12.4. The summed E-state index contributed by atoms with van der Waals surface area (Å²) >= 11 is 0. The third-order valence-electron chi connectivity index (χ3n) is 3.36. The Morgan fingerprint density at radius 3 is 2.58 bits per heavy atom. The Balaban J connectivity index is 1.77. The molecule has 0 saturated carbocycles. The predicted octanol–water partition coefficient (Wildman–Crippen LogP) is 3.27. The lowest BCUT2D eigenvalue weighted by Gasteiger charge is -2.07. The summed E-state index contributed by atoms with van der Waals surface area (Å²) in [5.74, 6) is 0.218. The second-order valence-corrected chi connectivity index (χ2v) is 5.06. The molecule has 0 aliphatic rings. The van der Waals surface area contributed by atoms with Gasteiger partial charge in [-0.15, -0.1) is 10.2 Å². The number of hydrogen-bond acceptors (Lipinski definition) is 6. The van der Waals surface area contributed by atoms with Crippen LogP contribution in [0.3, 0.4) is 0 Å². The van der Waals surface area contributed by atoms with Gasteiger partial charge >= 0.3 is 5.97 Å². The quantitative estimate of drug-likeness (QED) is 0.686. The molecule has 2 aromatic carbocycles. The molecule has 24 heavy (non-hydrogen) atoms. The van der Waals surface area contributed by atoms with Crippen molar-refractivity contribution in [3.8, 4) is 17.5 Å². The highest BCUT2D eigenvalue weighted by atomic mass is 16.5. The van der Waals surface area contributed by atoms with Gasteiger partial charge in [-0.3, -0.25) is 0 Å². The van der Waals surface area contributed by atoms with Crippen LogP contribution in [0.1, 0.15) is 27.4 Å². The van der Waals surface area contributed by atoms with E-state index in [1.165, 1.54) is 0 Å². The number of hydrogen-bond donors (Lipinski definition) is 0. The summed E-state index contributed by atoms with van der Waals surface area (Å²) in [6.07, 6.45) is 0. The van der Waals surface area contributed by atoms with E-state index < -0.39 is 5.97 Å². The fraction of sp³-hybridized carbons (Fsp3) is 0.111. The fourth-order valence-corrected chi connectivity index (χ4v) is 2.16. The highest BCUT2D eigenvalue weighted by Crippen LogP contribution is 2.23. The first-order chi connectivity index (χ1) is 11.7. The van der Waals surface area contributed by atoms with Gasteiger partial charge in [0.05, 0.1) is 22.8 Å². The average Bonchev–Trinajstić information content (AvgIpc) is 3.06. The van der Waals surface area contributed by atoms with Crippen LogP contribution in [0.5, 0.6) is 0 Å². The van der Waals surface area contributed by atoms with Crippen molar-refractivity contribution in [1.82, 2.24) is 10.2 Å². The molecule has 1 heterocycles. The lowest BCUT2D eigenvalue weighted by Crippen LogP contribution is -2.07. The van der Waals surface area contributed by atoms with Crippen molar-refractivity contribution in [2.75, 3.05) is 0 Å². The SMILES string of the molecule is Cc1nnc(-c2ccccc2C(=O)OCc2ccc(C#N)cc2)o1. The first kappa shape index (κ1) is 15.4. The monoisotopic (exact) mass is 319 g/mol. The second-order valence-electron chi connectivity index (χ2n) is 5.06. The van der Waals surface area contributed by atoms with Gasteiger partial charge in [0.25, 0.3) is 0 Å². The van der Waals surface area contributed by atoms with Crippen molar-refractivity contribution < 1.29 is 13.9 Å². The Morgan fingerprint density at radius 1 is 1.17 bits per heavy atom. The van der Waals surface area contributed by atoms with Crippen LogP contribution in [0.25, 0.3) is 11.5 Å². The number of aromatic nitrogens is 2. The molecule has 0 atom stereocenters. The molecular formula is C18H13N3O3. The fourth-order valence-electron chi connectivity index (χ4n) is 2.16. The summed E-state index contributed by atoms with van der Waals surface area (Å²) in [7, 11) is 0. The van der Waals surface area contributed by atoms with Gasteiger partial charge in [-0.1, -0.05) is 24.3 Å². The molecule has 6 heteroatoms. The normalized spacial score (nSPS) is 10.2. The van der Waals surface area contributed by atoms with E-state index >= 15 is 0 Å². The number of ether oxygens (including phenoxy) is 1. The molecule has 3 aromatic rings. The van der Waals surface area contributed by atoms with Crippen molar-refractivity contribution in [1.29, 1.82) is 5.26 Å². The summed E-state index contributed by atoms with van der Waals surface area (Å²) in [4.78, 5) is 12.4. The lowest BCUT2D eigenvalue weighted by molar-refractivity contribution is 0.0473. The van der Waals surface area contributed by atoms with Gasteiger partial charge < -0.3 is 9.15 Å². The molecule has 0 fully saturated rings. The minimum atomic E-state index is -0.481. The molecule has 0 aliphatic carbocycles. The molecule has 0 aliphatic heterocycles. The van der Waals surface area contributed by atoms with Gasteiger partial charge in [0.15, 0.2) is 0 Å². The number of carbonyl (C=O) groups is 1. The molecule has 0 spiro atoms. The maximum Gasteiger partial charge on any atom is 0.339 e. The summed E-state index contributed by atoms with van der Waals surface area (Å²) < 4.78 is 10.7. The first-order valence-electron chi connectivity index (χ1n) is 7.23. The maximum atomic E-state index is 12.4. The summed E-state index contributed by atoms with van der Waals surface area (Å²) in [6, 6.07) is 15.8. The van der Waals surface area contributed by atoms with E-state index in [2.05, 4.69) is 10.2 Å². The van der Waals surface area contributed by atoms with E-state index in [1.54, 1.807) is 55.5 Å². The zero-order chi connectivity index (χ0) is 16.9. The first-order valence-corrected chi connectivity index (χ1v) is 7.23. The second kappa shape index (κ2) is 6.75. The average molecular weight is 319 g/mol. The summed E-state index contributed by atoms with van der Waals surface area (Å²) in [6.45, 7) is 1.80. The topological polar surface area (TPSA) is 89.0 Å². The Hall–Kier alpha value is -3.46. The van der Waals surface area contributed by atoms with Crippen molar-refractivity contribution in [2.45, 2.75) is 13.5 Å². The standard InChI is InChI=1S/C18H13N3O3/c1-12-20-21-17(24-12)15-4-2-3-5-16(15)18(22)23-11-14-8-6-13(10-19)7-9-14/h2-9H,11H2,1H3. The van der Waals surface area contributed by atoms with Crippen LogP contribution in [0, 0.1) is 18.3 Å². The van der Waals surface area contributed by atoms with Crippen LogP contribution in [-0.4, -0.2) is 16.2 Å². The van der Waals surface area contributed by atoms with E-state index in [0.29, 0.717) is 22.6 Å². The van der Waals surface area contributed by atoms with Crippen LogP contribution in [0.2, 0.25) is 0 Å². The highest BCUT2D eigenvalue weighted by Gasteiger charge is 2.17. The predicted molar refractivity (Wildman–Crippen MR) is 84.7 cm³/mol. The van der Waals surface area contributed by atoms with E-state index in [-0.39, 0.29) is 12.5 Å². The summed E-state index contributed by atoms with van der Waals surface area (Å²) in [5.41, 5.74) is 2.24. The Labute approximate surface area is 138 Å². The van der Waals surface area contributed by atoms with Crippen LogP contribution in [0.4, 0.5) is 0 Å². The largest absolute Gasteiger partial charge is 0.457 e. The third-order valence-corrected chi connectivity index (χ3v) is 3.36.